The van der Waals surface area contributed by atoms with Crippen LogP contribution in [0.2, 0.25) is 0 Å². The summed E-state index contributed by atoms with van der Waals surface area (Å²) in [6.45, 7) is 3.81. The fourth-order valence-electron chi connectivity index (χ4n) is 1.16. The molecule has 0 aliphatic heterocycles. The summed E-state index contributed by atoms with van der Waals surface area (Å²) in [6, 6.07) is 0. The third kappa shape index (κ3) is 2.32. The Morgan fingerprint density at radius 3 is 2.43 bits per heavy atom. The molecular weight excluding hydrogens is 204 g/mol. The van der Waals surface area contributed by atoms with E-state index in [1.165, 1.54) is 0 Å². The molecule has 1 aromatic rings. The van der Waals surface area contributed by atoms with Crippen molar-refractivity contribution in [1.29, 1.82) is 0 Å². The van der Waals surface area contributed by atoms with Crippen molar-refractivity contribution < 1.29 is 8.42 Å². The Labute approximate surface area is 83.1 Å². The van der Waals surface area contributed by atoms with Crippen molar-refractivity contribution in [3.05, 3.63) is 11.3 Å². The predicted molar refractivity (Wildman–Crippen MR) is 49.6 cm³/mol. The van der Waals surface area contributed by atoms with E-state index in [1.807, 2.05) is 13.8 Å². The van der Waals surface area contributed by atoms with Crippen LogP contribution >= 0.6 is 0 Å². The van der Waals surface area contributed by atoms with E-state index in [-0.39, 0.29) is 5.82 Å². The molecule has 7 heteroatoms. The van der Waals surface area contributed by atoms with Crippen molar-refractivity contribution in [2.24, 2.45) is 4.36 Å². The monoisotopic (exact) mass is 214 g/mol. The molecule has 1 rings (SSSR count). The second-order valence-electron chi connectivity index (χ2n) is 2.55. The minimum Gasteiger partial charge on any atom is -0.163 e. The molecule has 1 heterocycles. The van der Waals surface area contributed by atoms with Crippen molar-refractivity contribution in [2.45, 2.75) is 26.7 Å². The van der Waals surface area contributed by atoms with Gasteiger partial charge >= 0.3 is 10.5 Å². The maximum absolute atomic E-state index is 10.4. The molecule has 0 N–H and O–H groups in total. The second-order valence-corrected chi connectivity index (χ2v) is 3.17. The standard InChI is InChI=1S/C7H10N4O2S/c1-3-5-6(4-2)8-11-9-7(5)10-14(12)13/h3-4H2,1-2H3. The summed E-state index contributed by atoms with van der Waals surface area (Å²) in [6.07, 6.45) is 1.33. The van der Waals surface area contributed by atoms with E-state index >= 15 is 0 Å². The van der Waals surface area contributed by atoms with Crippen LogP contribution in [0.5, 0.6) is 0 Å². The molecule has 76 valence electrons. The zero-order valence-corrected chi connectivity index (χ0v) is 8.74. The Kier molecular flexibility index (Phi) is 3.63. The summed E-state index contributed by atoms with van der Waals surface area (Å²) in [5.74, 6) is 0.146. The molecule has 14 heavy (non-hydrogen) atoms. The lowest BCUT2D eigenvalue weighted by atomic mass is 10.1. The van der Waals surface area contributed by atoms with Gasteiger partial charge in [-0.3, -0.25) is 0 Å². The third-order valence-electron chi connectivity index (χ3n) is 1.77. The average molecular weight is 214 g/mol. The van der Waals surface area contributed by atoms with Crippen molar-refractivity contribution in [3.63, 3.8) is 0 Å². The summed E-state index contributed by atoms with van der Waals surface area (Å²) in [5.41, 5.74) is 1.48. The lowest BCUT2D eigenvalue weighted by molar-refractivity contribution is 0.622. The molecule has 6 nitrogen and oxygen atoms in total. The van der Waals surface area contributed by atoms with Crippen LogP contribution in [0.25, 0.3) is 0 Å². The highest BCUT2D eigenvalue weighted by molar-refractivity contribution is 7.61. The minimum atomic E-state index is -2.49. The molecule has 0 spiro atoms. The lowest BCUT2D eigenvalue weighted by Crippen LogP contribution is -2.00. The highest BCUT2D eigenvalue weighted by atomic mass is 32.2. The van der Waals surface area contributed by atoms with Crippen LogP contribution in [0.1, 0.15) is 25.1 Å². The van der Waals surface area contributed by atoms with Crippen molar-refractivity contribution in [3.8, 4) is 0 Å². The fraction of sp³-hybridized carbons (Fsp3) is 0.571. The van der Waals surface area contributed by atoms with Crippen molar-refractivity contribution in [1.82, 2.24) is 15.4 Å². The molecule has 0 atom stereocenters. The summed E-state index contributed by atoms with van der Waals surface area (Å²) in [4.78, 5) is 0. The molecule has 0 bridgehead atoms. The van der Waals surface area contributed by atoms with E-state index < -0.39 is 10.5 Å². The maximum atomic E-state index is 10.4. The smallest absolute Gasteiger partial charge is 0.163 e. The number of aryl methyl sites for hydroxylation is 1. The third-order valence-corrected chi connectivity index (χ3v) is 2.09. The van der Waals surface area contributed by atoms with Gasteiger partial charge in [0.2, 0.25) is 0 Å². The first-order valence-corrected chi connectivity index (χ1v) is 5.24. The van der Waals surface area contributed by atoms with Crippen LogP contribution in [0.15, 0.2) is 4.36 Å². The molecule has 0 fully saturated rings. The number of hydrogen-bond donors (Lipinski definition) is 0. The minimum absolute atomic E-state index is 0.146. The van der Waals surface area contributed by atoms with Crippen LogP contribution in [-0.2, 0) is 23.3 Å². The first-order chi connectivity index (χ1) is 6.69. The summed E-state index contributed by atoms with van der Waals surface area (Å²) >= 11 is 0. The lowest BCUT2D eigenvalue weighted by Gasteiger charge is -2.02. The molecule has 0 radical (unpaired) electrons. The molecule has 0 aliphatic rings. The predicted octanol–water partition coefficient (Wildman–Crippen LogP) is 0.691. The number of hydrogen-bond acceptors (Lipinski definition) is 6. The van der Waals surface area contributed by atoms with Gasteiger partial charge in [-0.2, -0.15) is 8.42 Å². The first kappa shape index (κ1) is 10.7. The van der Waals surface area contributed by atoms with Crippen LogP contribution in [0.4, 0.5) is 5.82 Å². The molecule has 0 saturated heterocycles. The second kappa shape index (κ2) is 4.75. The average Bonchev–Trinajstić information content (AvgIpc) is 2.16. The highest BCUT2D eigenvalue weighted by Crippen LogP contribution is 2.17. The maximum Gasteiger partial charge on any atom is 0.317 e. The summed E-state index contributed by atoms with van der Waals surface area (Å²) in [5, 5.41) is 10.8. The molecule has 0 aromatic carbocycles. The van der Waals surface area contributed by atoms with Gasteiger partial charge < -0.3 is 0 Å². The summed E-state index contributed by atoms with van der Waals surface area (Å²) in [7, 11) is -2.49. The number of nitrogens with zero attached hydrogens (tertiary/aromatic N) is 4. The topological polar surface area (TPSA) is 85.2 Å². The van der Waals surface area contributed by atoms with Gasteiger partial charge in [0.1, 0.15) is 0 Å². The van der Waals surface area contributed by atoms with E-state index in [1.54, 1.807) is 0 Å². The molecule has 0 saturated carbocycles. The SMILES string of the molecule is CCc1nnnc(N=S(=O)=O)c1CC. The van der Waals surface area contributed by atoms with Gasteiger partial charge in [0.25, 0.3) is 0 Å². The van der Waals surface area contributed by atoms with Gasteiger partial charge in [-0.05, 0) is 18.1 Å². The highest BCUT2D eigenvalue weighted by Gasteiger charge is 2.08. The Morgan fingerprint density at radius 1 is 1.21 bits per heavy atom. The zero-order chi connectivity index (χ0) is 10.6. The van der Waals surface area contributed by atoms with Crippen molar-refractivity contribution in [2.75, 3.05) is 0 Å². The Hall–Kier alpha value is -1.37. The Morgan fingerprint density at radius 2 is 1.93 bits per heavy atom. The first-order valence-electron chi connectivity index (χ1n) is 4.21. The number of rotatable bonds is 3. The van der Waals surface area contributed by atoms with Crippen LogP contribution in [0.3, 0.4) is 0 Å². The Balaban J connectivity index is 3.36. The van der Waals surface area contributed by atoms with Gasteiger partial charge in [0, 0.05) is 5.56 Å². The van der Waals surface area contributed by atoms with E-state index in [0.29, 0.717) is 12.8 Å². The fourth-order valence-corrected chi connectivity index (χ4v) is 1.45. The largest absolute Gasteiger partial charge is 0.317 e. The number of aromatic nitrogens is 3. The van der Waals surface area contributed by atoms with E-state index in [9.17, 15) is 8.42 Å². The van der Waals surface area contributed by atoms with E-state index in [4.69, 9.17) is 0 Å². The quantitative estimate of drug-likeness (QED) is 0.739. The van der Waals surface area contributed by atoms with Gasteiger partial charge in [-0.1, -0.05) is 13.8 Å². The normalized spacial score (nSPS) is 9.86. The molecule has 0 amide bonds. The van der Waals surface area contributed by atoms with Crippen molar-refractivity contribution >= 4 is 16.3 Å². The van der Waals surface area contributed by atoms with Gasteiger partial charge in [-0.15, -0.1) is 14.6 Å². The van der Waals surface area contributed by atoms with Crippen LogP contribution < -0.4 is 0 Å². The van der Waals surface area contributed by atoms with Crippen LogP contribution in [-0.4, -0.2) is 23.8 Å². The van der Waals surface area contributed by atoms with Gasteiger partial charge in [0.05, 0.1) is 5.69 Å². The molecule has 0 unspecified atom stereocenters. The molecular formula is C7H10N4O2S. The van der Waals surface area contributed by atoms with E-state index in [2.05, 4.69) is 19.8 Å². The van der Waals surface area contributed by atoms with Crippen LogP contribution in [0, 0.1) is 0 Å². The molecule has 1 aromatic heterocycles. The van der Waals surface area contributed by atoms with Gasteiger partial charge in [0.15, 0.2) is 5.82 Å². The molecule has 0 aliphatic carbocycles. The zero-order valence-electron chi connectivity index (χ0n) is 7.93. The van der Waals surface area contributed by atoms with E-state index in [0.717, 1.165) is 11.3 Å². The van der Waals surface area contributed by atoms with Gasteiger partial charge in [-0.25, -0.2) is 0 Å². The Bertz CT molecular complexity index is 447. The summed E-state index contributed by atoms with van der Waals surface area (Å²) < 4.78 is 24.1.